The van der Waals surface area contributed by atoms with Gasteiger partial charge in [0.15, 0.2) is 5.90 Å². The van der Waals surface area contributed by atoms with Gasteiger partial charge in [0.25, 0.3) is 0 Å². The number of hydrogen-bond donors (Lipinski definition) is 0. The molecule has 0 N–H and O–H groups in total. The zero-order chi connectivity index (χ0) is 13.1. The van der Waals surface area contributed by atoms with Crippen molar-refractivity contribution in [3.8, 4) is 0 Å². The van der Waals surface area contributed by atoms with E-state index in [4.69, 9.17) is 4.74 Å². The van der Waals surface area contributed by atoms with Crippen LogP contribution in [0, 0.1) is 0 Å². The van der Waals surface area contributed by atoms with E-state index in [9.17, 15) is 4.79 Å². The SMILES string of the molecule is CCCCCCCCCCCCC1=NCC(=O)O1. The third-order valence-corrected chi connectivity index (χ3v) is 3.36. The summed E-state index contributed by atoms with van der Waals surface area (Å²) in [5.41, 5.74) is 0. The number of nitrogens with zero attached hydrogens (tertiary/aromatic N) is 1. The standard InChI is InChI=1S/C15H27NO2/c1-2-3-4-5-6-7-8-9-10-11-12-14-16-13-15(17)18-14/h2-13H2,1H3. The summed E-state index contributed by atoms with van der Waals surface area (Å²) in [5.74, 6) is 0.455. The Kier molecular flexibility index (Phi) is 8.53. The van der Waals surface area contributed by atoms with E-state index in [2.05, 4.69) is 11.9 Å². The van der Waals surface area contributed by atoms with Crippen molar-refractivity contribution in [2.24, 2.45) is 4.99 Å². The van der Waals surface area contributed by atoms with Crippen LogP contribution in [0.1, 0.15) is 77.6 Å². The van der Waals surface area contributed by atoms with Gasteiger partial charge < -0.3 is 4.74 Å². The number of hydrogen-bond acceptors (Lipinski definition) is 3. The van der Waals surface area contributed by atoms with E-state index in [1.807, 2.05) is 0 Å². The molecule has 104 valence electrons. The van der Waals surface area contributed by atoms with Gasteiger partial charge in [-0.2, -0.15) is 0 Å². The number of ether oxygens (including phenoxy) is 1. The molecule has 3 heteroatoms. The molecule has 1 heterocycles. The number of unbranched alkanes of at least 4 members (excludes halogenated alkanes) is 9. The topological polar surface area (TPSA) is 38.7 Å². The maximum Gasteiger partial charge on any atom is 0.334 e. The van der Waals surface area contributed by atoms with Gasteiger partial charge in [-0.3, -0.25) is 0 Å². The summed E-state index contributed by atoms with van der Waals surface area (Å²) in [5, 5.41) is 0. The van der Waals surface area contributed by atoms with Crippen LogP contribution in [0.25, 0.3) is 0 Å². The Hall–Kier alpha value is -0.860. The monoisotopic (exact) mass is 253 g/mol. The van der Waals surface area contributed by atoms with E-state index >= 15 is 0 Å². The van der Waals surface area contributed by atoms with Gasteiger partial charge in [0, 0.05) is 6.42 Å². The predicted molar refractivity (Wildman–Crippen MR) is 74.9 cm³/mol. The molecule has 0 unspecified atom stereocenters. The molecule has 0 saturated heterocycles. The van der Waals surface area contributed by atoms with Gasteiger partial charge in [-0.05, 0) is 6.42 Å². The molecule has 1 aliphatic heterocycles. The predicted octanol–water partition coefficient (Wildman–Crippen LogP) is 4.25. The molecule has 1 aliphatic rings. The molecule has 0 aliphatic carbocycles. The highest BCUT2D eigenvalue weighted by Crippen LogP contribution is 2.12. The Morgan fingerprint density at radius 1 is 0.944 bits per heavy atom. The first-order chi connectivity index (χ1) is 8.83. The van der Waals surface area contributed by atoms with E-state index < -0.39 is 0 Å². The van der Waals surface area contributed by atoms with Crippen molar-refractivity contribution in [1.82, 2.24) is 0 Å². The van der Waals surface area contributed by atoms with Gasteiger partial charge in [-0.25, -0.2) is 9.79 Å². The molecule has 3 nitrogen and oxygen atoms in total. The molecule has 0 aromatic carbocycles. The molecule has 18 heavy (non-hydrogen) atoms. The minimum Gasteiger partial charge on any atom is -0.411 e. The highest BCUT2D eigenvalue weighted by molar-refractivity contribution is 5.94. The van der Waals surface area contributed by atoms with Gasteiger partial charge in [-0.15, -0.1) is 0 Å². The smallest absolute Gasteiger partial charge is 0.334 e. The Bertz CT molecular complexity index is 261. The lowest BCUT2D eigenvalue weighted by Crippen LogP contribution is -2.04. The second-order valence-corrected chi connectivity index (χ2v) is 5.12. The molecular weight excluding hydrogens is 226 g/mol. The van der Waals surface area contributed by atoms with Crippen molar-refractivity contribution in [2.45, 2.75) is 77.6 Å². The third kappa shape index (κ3) is 7.46. The highest BCUT2D eigenvalue weighted by atomic mass is 16.6. The summed E-state index contributed by atoms with van der Waals surface area (Å²) in [6.45, 7) is 2.49. The third-order valence-electron chi connectivity index (χ3n) is 3.36. The lowest BCUT2D eigenvalue weighted by molar-refractivity contribution is -0.132. The molecular formula is C15H27NO2. The minimum atomic E-state index is -0.197. The van der Waals surface area contributed by atoms with Crippen LogP contribution < -0.4 is 0 Å². The van der Waals surface area contributed by atoms with Crippen molar-refractivity contribution in [3.05, 3.63) is 0 Å². The minimum absolute atomic E-state index is 0.197. The molecule has 0 radical (unpaired) electrons. The van der Waals surface area contributed by atoms with Crippen LogP contribution in [-0.2, 0) is 9.53 Å². The largest absolute Gasteiger partial charge is 0.411 e. The number of carbonyl (C=O) groups is 1. The van der Waals surface area contributed by atoms with Crippen molar-refractivity contribution >= 4 is 11.9 Å². The number of cyclic esters (lactones) is 1. The van der Waals surface area contributed by atoms with Crippen LogP contribution in [0.4, 0.5) is 0 Å². The summed E-state index contributed by atoms with van der Waals surface area (Å²) >= 11 is 0. The molecule has 0 bridgehead atoms. The van der Waals surface area contributed by atoms with Gasteiger partial charge in [0.05, 0.1) is 0 Å². The molecule has 0 aromatic rings. The molecule has 0 fully saturated rings. The normalized spacial score (nSPS) is 14.7. The van der Waals surface area contributed by atoms with E-state index in [0.717, 1.165) is 12.8 Å². The Morgan fingerprint density at radius 3 is 2.00 bits per heavy atom. The van der Waals surface area contributed by atoms with Crippen molar-refractivity contribution in [1.29, 1.82) is 0 Å². The van der Waals surface area contributed by atoms with Crippen LogP contribution in [0.3, 0.4) is 0 Å². The maximum absolute atomic E-state index is 10.8. The van der Waals surface area contributed by atoms with Crippen LogP contribution in [-0.4, -0.2) is 18.4 Å². The number of carbonyl (C=O) groups excluding carboxylic acids is 1. The lowest BCUT2D eigenvalue weighted by Gasteiger charge is -2.02. The van der Waals surface area contributed by atoms with E-state index in [-0.39, 0.29) is 12.5 Å². The molecule has 0 saturated carbocycles. The van der Waals surface area contributed by atoms with E-state index in [1.165, 1.54) is 57.8 Å². The van der Waals surface area contributed by atoms with Crippen molar-refractivity contribution in [3.63, 3.8) is 0 Å². The zero-order valence-electron chi connectivity index (χ0n) is 11.7. The summed E-state index contributed by atoms with van der Waals surface area (Å²) in [6, 6.07) is 0. The van der Waals surface area contributed by atoms with Crippen molar-refractivity contribution in [2.75, 3.05) is 6.54 Å². The fourth-order valence-electron chi connectivity index (χ4n) is 2.24. The van der Waals surface area contributed by atoms with Crippen LogP contribution in [0.15, 0.2) is 4.99 Å². The second kappa shape index (κ2) is 10.1. The molecule has 0 spiro atoms. The van der Waals surface area contributed by atoms with Gasteiger partial charge in [0.2, 0.25) is 0 Å². The Morgan fingerprint density at radius 2 is 1.50 bits per heavy atom. The number of aliphatic imine (C=N–C) groups is 1. The highest BCUT2D eigenvalue weighted by Gasteiger charge is 2.14. The van der Waals surface area contributed by atoms with Crippen LogP contribution in [0.2, 0.25) is 0 Å². The first kappa shape index (κ1) is 15.2. The van der Waals surface area contributed by atoms with Crippen molar-refractivity contribution < 1.29 is 9.53 Å². The van der Waals surface area contributed by atoms with Crippen LogP contribution >= 0.6 is 0 Å². The zero-order valence-corrected chi connectivity index (χ0v) is 11.7. The molecule has 1 rings (SSSR count). The Balaban J connectivity index is 1.77. The first-order valence-corrected chi connectivity index (χ1v) is 7.57. The number of esters is 1. The van der Waals surface area contributed by atoms with E-state index in [0.29, 0.717) is 5.90 Å². The second-order valence-electron chi connectivity index (χ2n) is 5.12. The fourth-order valence-corrected chi connectivity index (χ4v) is 2.24. The van der Waals surface area contributed by atoms with Gasteiger partial charge in [0.1, 0.15) is 6.54 Å². The van der Waals surface area contributed by atoms with Gasteiger partial charge in [-0.1, -0.05) is 64.7 Å². The number of rotatable bonds is 11. The fraction of sp³-hybridized carbons (Fsp3) is 0.867. The summed E-state index contributed by atoms with van der Waals surface area (Å²) in [4.78, 5) is 14.8. The summed E-state index contributed by atoms with van der Waals surface area (Å²) < 4.78 is 4.95. The van der Waals surface area contributed by atoms with Gasteiger partial charge >= 0.3 is 5.97 Å². The average Bonchev–Trinajstić information content (AvgIpc) is 2.77. The van der Waals surface area contributed by atoms with E-state index in [1.54, 1.807) is 0 Å². The maximum atomic E-state index is 10.8. The Labute approximate surface area is 111 Å². The quantitative estimate of drug-likeness (QED) is 0.408. The van der Waals surface area contributed by atoms with Crippen LogP contribution in [0.5, 0.6) is 0 Å². The lowest BCUT2D eigenvalue weighted by atomic mass is 10.1. The molecule has 0 aromatic heterocycles. The summed E-state index contributed by atoms with van der Waals surface area (Å²) in [6.07, 6.45) is 14.1. The molecule has 0 amide bonds. The first-order valence-electron chi connectivity index (χ1n) is 7.57. The molecule has 0 atom stereocenters. The summed E-state index contributed by atoms with van der Waals surface area (Å²) in [7, 11) is 0. The average molecular weight is 253 g/mol.